The fourth-order valence-electron chi connectivity index (χ4n) is 2.00. The Kier molecular flexibility index (Phi) is 3.81. The van der Waals surface area contributed by atoms with Crippen molar-refractivity contribution in [3.05, 3.63) is 46.0 Å². The summed E-state index contributed by atoms with van der Waals surface area (Å²) in [4.78, 5) is 4.42. The summed E-state index contributed by atoms with van der Waals surface area (Å²) in [6.45, 7) is 0. The molecule has 2 aromatic heterocycles. The van der Waals surface area contributed by atoms with Gasteiger partial charge in [-0.1, -0.05) is 46.5 Å². The van der Waals surface area contributed by atoms with Gasteiger partial charge >= 0.3 is 0 Å². The van der Waals surface area contributed by atoms with Crippen LogP contribution < -0.4 is 0 Å². The van der Waals surface area contributed by atoms with Gasteiger partial charge in [-0.3, -0.25) is 0 Å². The summed E-state index contributed by atoms with van der Waals surface area (Å²) in [5.74, 6) is 2.63. The first-order valence-corrected chi connectivity index (χ1v) is 9.11. The Hall–Kier alpha value is -1.51. The highest BCUT2D eigenvalue weighted by Gasteiger charge is 2.29. The van der Waals surface area contributed by atoms with Gasteiger partial charge in [-0.05, 0) is 37.2 Å². The lowest BCUT2D eigenvalue weighted by Gasteiger charge is -1.98. The molecular formula is C14H12N4OS3. The van der Waals surface area contributed by atoms with Crippen molar-refractivity contribution >= 4 is 35.3 Å². The molecular weight excluding hydrogens is 336 g/mol. The van der Waals surface area contributed by atoms with Gasteiger partial charge in [0.05, 0.1) is 11.4 Å². The normalized spacial score (nSPS) is 14.4. The standard InChI is InChI=1S/C14H12N4OS3/c20-14-18(10-4-2-1-3-5-10)16-13(22-14)21-8-11-15-12(19-17-11)9-6-7-9/h1-5,9H,6-8H2. The fourth-order valence-corrected chi connectivity index (χ4v) is 4.20. The van der Waals surface area contributed by atoms with Gasteiger partial charge in [0.15, 0.2) is 14.1 Å². The van der Waals surface area contributed by atoms with E-state index in [1.807, 2.05) is 30.3 Å². The molecule has 0 N–H and O–H groups in total. The molecule has 0 radical (unpaired) electrons. The van der Waals surface area contributed by atoms with Crippen LogP contribution in [0.15, 0.2) is 39.2 Å². The molecule has 1 saturated carbocycles. The Labute approximate surface area is 140 Å². The van der Waals surface area contributed by atoms with Crippen molar-refractivity contribution in [1.82, 2.24) is 19.9 Å². The summed E-state index contributed by atoms with van der Waals surface area (Å²) in [7, 11) is 0. The fraction of sp³-hybridized carbons (Fsp3) is 0.286. The highest BCUT2D eigenvalue weighted by atomic mass is 32.2. The quantitative estimate of drug-likeness (QED) is 0.508. The van der Waals surface area contributed by atoms with E-state index in [1.165, 1.54) is 11.3 Å². The van der Waals surface area contributed by atoms with Crippen LogP contribution >= 0.6 is 35.3 Å². The SMILES string of the molecule is S=c1sc(SCc2noc(C3CC3)n2)nn1-c1ccccc1. The lowest BCUT2D eigenvalue weighted by molar-refractivity contribution is 0.375. The number of rotatable bonds is 5. The Balaban J connectivity index is 1.48. The van der Waals surface area contributed by atoms with E-state index in [0.29, 0.717) is 11.7 Å². The van der Waals surface area contributed by atoms with E-state index in [2.05, 4.69) is 15.2 Å². The number of benzene rings is 1. The smallest absolute Gasteiger partial charge is 0.229 e. The zero-order chi connectivity index (χ0) is 14.9. The van der Waals surface area contributed by atoms with Crippen LogP contribution in [0.3, 0.4) is 0 Å². The van der Waals surface area contributed by atoms with E-state index in [1.54, 1.807) is 16.4 Å². The van der Waals surface area contributed by atoms with Crippen LogP contribution in [0.4, 0.5) is 0 Å². The first kappa shape index (κ1) is 14.1. The second kappa shape index (κ2) is 5.94. The van der Waals surface area contributed by atoms with Gasteiger partial charge in [-0.15, -0.1) is 5.10 Å². The zero-order valence-electron chi connectivity index (χ0n) is 11.5. The van der Waals surface area contributed by atoms with Gasteiger partial charge in [-0.25, -0.2) is 4.68 Å². The summed E-state index contributed by atoms with van der Waals surface area (Å²) in [6, 6.07) is 9.91. The van der Waals surface area contributed by atoms with Gasteiger partial charge in [0.25, 0.3) is 0 Å². The van der Waals surface area contributed by atoms with Crippen LogP contribution in [0.25, 0.3) is 5.69 Å². The molecule has 22 heavy (non-hydrogen) atoms. The molecule has 1 aromatic carbocycles. The minimum absolute atomic E-state index is 0.491. The molecule has 0 atom stereocenters. The van der Waals surface area contributed by atoms with E-state index in [4.69, 9.17) is 16.7 Å². The molecule has 8 heteroatoms. The first-order valence-electron chi connectivity index (χ1n) is 6.90. The van der Waals surface area contributed by atoms with Gasteiger partial charge in [0.2, 0.25) is 5.89 Å². The lowest BCUT2D eigenvalue weighted by Crippen LogP contribution is -1.95. The summed E-state index contributed by atoms with van der Waals surface area (Å²) < 4.78 is 8.69. The third-order valence-electron chi connectivity index (χ3n) is 3.27. The van der Waals surface area contributed by atoms with Crippen molar-refractivity contribution in [3.63, 3.8) is 0 Å². The van der Waals surface area contributed by atoms with E-state index in [-0.39, 0.29) is 0 Å². The minimum Gasteiger partial charge on any atom is -0.339 e. The molecule has 3 aromatic rings. The molecule has 0 aliphatic heterocycles. The predicted octanol–water partition coefficient (Wildman–Crippen LogP) is 4.22. The molecule has 0 unspecified atom stereocenters. The number of aromatic nitrogens is 4. The zero-order valence-corrected chi connectivity index (χ0v) is 14.0. The summed E-state index contributed by atoms with van der Waals surface area (Å²) in [5.41, 5.74) is 0.978. The van der Waals surface area contributed by atoms with E-state index in [9.17, 15) is 0 Å². The van der Waals surface area contributed by atoms with Crippen LogP contribution in [0.5, 0.6) is 0 Å². The van der Waals surface area contributed by atoms with Crippen LogP contribution in [-0.2, 0) is 5.75 Å². The predicted molar refractivity (Wildman–Crippen MR) is 88.1 cm³/mol. The van der Waals surface area contributed by atoms with Gasteiger partial charge in [-0.2, -0.15) is 4.98 Å². The number of thioether (sulfide) groups is 1. The molecule has 4 rings (SSSR count). The monoisotopic (exact) mass is 348 g/mol. The van der Waals surface area contributed by atoms with Gasteiger partial charge in [0, 0.05) is 5.92 Å². The molecule has 0 amide bonds. The highest BCUT2D eigenvalue weighted by molar-refractivity contribution is 8.00. The van der Waals surface area contributed by atoms with E-state index >= 15 is 0 Å². The molecule has 1 aliphatic carbocycles. The van der Waals surface area contributed by atoms with E-state index in [0.717, 1.165) is 38.5 Å². The average molecular weight is 348 g/mol. The largest absolute Gasteiger partial charge is 0.339 e. The maximum Gasteiger partial charge on any atom is 0.229 e. The molecule has 0 saturated heterocycles. The topological polar surface area (TPSA) is 56.7 Å². The Morgan fingerprint density at radius 2 is 2.14 bits per heavy atom. The minimum atomic E-state index is 0.491. The number of hydrogen-bond donors (Lipinski definition) is 0. The first-order chi connectivity index (χ1) is 10.8. The molecule has 112 valence electrons. The number of hydrogen-bond acceptors (Lipinski definition) is 7. The molecule has 5 nitrogen and oxygen atoms in total. The van der Waals surface area contributed by atoms with Crippen molar-refractivity contribution in [3.8, 4) is 5.69 Å². The molecule has 0 bridgehead atoms. The van der Waals surface area contributed by atoms with Crippen molar-refractivity contribution in [2.75, 3.05) is 0 Å². The third-order valence-corrected chi connectivity index (χ3v) is 5.63. The van der Waals surface area contributed by atoms with Crippen molar-refractivity contribution < 1.29 is 4.52 Å². The van der Waals surface area contributed by atoms with Crippen molar-refractivity contribution in [1.29, 1.82) is 0 Å². The van der Waals surface area contributed by atoms with Crippen LogP contribution in [0.1, 0.15) is 30.5 Å². The second-order valence-corrected chi connectivity index (χ2v) is 7.84. The molecule has 2 heterocycles. The summed E-state index contributed by atoms with van der Waals surface area (Å²) in [5, 5.41) is 8.57. The molecule has 1 fully saturated rings. The highest BCUT2D eigenvalue weighted by Crippen LogP contribution is 2.39. The third kappa shape index (κ3) is 2.99. The second-order valence-electron chi connectivity index (χ2n) is 4.99. The van der Waals surface area contributed by atoms with Crippen LogP contribution in [-0.4, -0.2) is 19.9 Å². The van der Waals surface area contributed by atoms with E-state index < -0.39 is 0 Å². The molecule has 0 spiro atoms. The maximum absolute atomic E-state index is 5.39. The summed E-state index contributed by atoms with van der Waals surface area (Å²) >= 11 is 8.47. The van der Waals surface area contributed by atoms with Gasteiger partial charge < -0.3 is 4.52 Å². The van der Waals surface area contributed by atoms with Gasteiger partial charge in [0.1, 0.15) is 0 Å². The number of nitrogens with zero attached hydrogens (tertiary/aromatic N) is 4. The number of para-hydroxylation sites is 1. The Morgan fingerprint density at radius 3 is 2.91 bits per heavy atom. The van der Waals surface area contributed by atoms with Crippen molar-refractivity contribution in [2.24, 2.45) is 0 Å². The summed E-state index contributed by atoms with van der Waals surface area (Å²) in [6.07, 6.45) is 2.33. The average Bonchev–Trinajstić information content (AvgIpc) is 3.17. The Morgan fingerprint density at radius 1 is 1.32 bits per heavy atom. The van der Waals surface area contributed by atoms with Crippen LogP contribution in [0, 0.1) is 3.95 Å². The maximum atomic E-state index is 5.39. The molecule has 1 aliphatic rings. The lowest BCUT2D eigenvalue weighted by atomic mass is 10.3. The Bertz CT molecular complexity index is 835. The van der Waals surface area contributed by atoms with Crippen LogP contribution in [0.2, 0.25) is 0 Å². The van der Waals surface area contributed by atoms with Crippen molar-refractivity contribution in [2.45, 2.75) is 28.9 Å².